The molecule has 1 rings (SSSR count). The van der Waals surface area contributed by atoms with Crippen LogP contribution in [0.15, 0.2) is 18.3 Å². The lowest BCUT2D eigenvalue weighted by Gasteiger charge is -2.10. The first-order valence-corrected chi connectivity index (χ1v) is 5.57. The maximum absolute atomic E-state index is 11.7. The van der Waals surface area contributed by atoms with E-state index in [9.17, 15) is 4.79 Å². The number of nitrogen functional groups attached to an aromatic ring is 1. The fourth-order valence-electron chi connectivity index (χ4n) is 1.62. The van der Waals surface area contributed by atoms with Crippen molar-refractivity contribution in [3.05, 3.63) is 23.9 Å². The lowest BCUT2D eigenvalue weighted by atomic mass is 9.97. The minimum atomic E-state index is 0.211. The third-order valence-electron chi connectivity index (χ3n) is 2.67. The highest BCUT2D eigenvalue weighted by Gasteiger charge is 2.11. The third-order valence-corrected chi connectivity index (χ3v) is 2.67. The molecule has 0 radical (unpaired) electrons. The maximum Gasteiger partial charge on any atom is 0.137 e. The molecule has 0 aromatic carbocycles. The first-order valence-electron chi connectivity index (χ1n) is 5.57. The van der Waals surface area contributed by atoms with Crippen LogP contribution >= 0.6 is 0 Å². The Morgan fingerprint density at radius 1 is 1.56 bits per heavy atom. The van der Waals surface area contributed by atoms with Crippen LogP contribution in [0, 0.1) is 5.92 Å². The van der Waals surface area contributed by atoms with Gasteiger partial charge in [-0.05, 0) is 30.2 Å². The van der Waals surface area contributed by atoms with Gasteiger partial charge in [0.1, 0.15) is 11.6 Å². The lowest BCUT2D eigenvalue weighted by Crippen LogP contribution is -2.18. The minimum Gasteiger partial charge on any atom is -0.384 e. The van der Waals surface area contributed by atoms with E-state index >= 15 is 0 Å². The maximum atomic E-state index is 11.7. The third kappa shape index (κ3) is 3.98. The second-order valence-corrected chi connectivity index (χ2v) is 4.02. The van der Waals surface area contributed by atoms with E-state index in [0.717, 1.165) is 12.0 Å². The fraction of sp³-hybridized carbons (Fsp3) is 0.500. The van der Waals surface area contributed by atoms with Gasteiger partial charge in [0.25, 0.3) is 0 Å². The average Bonchev–Trinajstić information content (AvgIpc) is 2.26. The molecule has 4 nitrogen and oxygen atoms in total. The van der Waals surface area contributed by atoms with E-state index in [2.05, 4.69) is 11.9 Å². The Morgan fingerprint density at radius 3 is 2.88 bits per heavy atom. The Labute approximate surface area is 96.0 Å². The van der Waals surface area contributed by atoms with E-state index in [0.29, 0.717) is 31.1 Å². The second-order valence-electron chi connectivity index (χ2n) is 4.02. The van der Waals surface area contributed by atoms with Gasteiger partial charge in [0.15, 0.2) is 0 Å². The monoisotopic (exact) mass is 221 g/mol. The zero-order chi connectivity index (χ0) is 12.0. The molecule has 0 amide bonds. The molecule has 0 aliphatic rings. The van der Waals surface area contributed by atoms with Crippen molar-refractivity contribution in [2.45, 2.75) is 26.2 Å². The van der Waals surface area contributed by atoms with Crippen LogP contribution in [0.1, 0.15) is 25.3 Å². The van der Waals surface area contributed by atoms with Gasteiger partial charge in [0, 0.05) is 19.0 Å². The van der Waals surface area contributed by atoms with Crippen molar-refractivity contribution in [1.29, 1.82) is 0 Å². The number of rotatable bonds is 6. The number of hydrogen-bond donors (Lipinski definition) is 2. The van der Waals surface area contributed by atoms with E-state index in [1.54, 1.807) is 12.3 Å². The van der Waals surface area contributed by atoms with E-state index in [1.165, 1.54) is 0 Å². The molecule has 88 valence electrons. The molecule has 4 N–H and O–H groups in total. The van der Waals surface area contributed by atoms with Gasteiger partial charge in [-0.3, -0.25) is 4.79 Å². The number of anilines is 1. The molecule has 0 bridgehead atoms. The summed E-state index contributed by atoms with van der Waals surface area (Å²) >= 11 is 0. The van der Waals surface area contributed by atoms with Crippen molar-refractivity contribution in [2.75, 3.05) is 12.3 Å². The summed E-state index contributed by atoms with van der Waals surface area (Å²) in [5, 5.41) is 0. The smallest absolute Gasteiger partial charge is 0.137 e. The Bertz CT molecular complexity index is 348. The Morgan fingerprint density at radius 2 is 2.31 bits per heavy atom. The van der Waals surface area contributed by atoms with Crippen LogP contribution in [0.2, 0.25) is 0 Å². The molecule has 4 heteroatoms. The minimum absolute atomic E-state index is 0.211. The van der Waals surface area contributed by atoms with E-state index in [1.807, 2.05) is 6.07 Å². The van der Waals surface area contributed by atoms with E-state index < -0.39 is 0 Å². The molecule has 0 aliphatic carbocycles. The summed E-state index contributed by atoms with van der Waals surface area (Å²) < 4.78 is 0. The van der Waals surface area contributed by atoms with Crippen LogP contribution in [0.25, 0.3) is 0 Å². The number of carbonyl (C=O) groups excluding carboxylic acids is 1. The normalized spacial score (nSPS) is 12.4. The van der Waals surface area contributed by atoms with E-state index in [-0.39, 0.29) is 5.78 Å². The molecular weight excluding hydrogens is 202 g/mol. The van der Waals surface area contributed by atoms with Crippen molar-refractivity contribution in [1.82, 2.24) is 4.98 Å². The fourth-order valence-corrected chi connectivity index (χ4v) is 1.62. The van der Waals surface area contributed by atoms with Crippen LogP contribution in [-0.4, -0.2) is 17.3 Å². The van der Waals surface area contributed by atoms with Crippen LogP contribution in [0.3, 0.4) is 0 Å². The van der Waals surface area contributed by atoms with Crippen LogP contribution < -0.4 is 11.5 Å². The summed E-state index contributed by atoms with van der Waals surface area (Å²) in [6, 6.07) is 3.55. The van der Waals surface area contributed by atoms with Crippen molar-refractivity contribution < 1.29 is 4.79 Å². The summed E-state index contributed by atoms with van der Waals surface area (Å²) in [7, 11) is 0. The number of Topliss-reactive ketones (excluding diaryl/α,β-unsaturated/α-hetero) is 1. The largest absolute Gasteiger partial charge is 0.384 e. The summed E-state index contributed by atoms with van der Waals surface area (Å²) in [4.78, 5) is 15.6. The SMILES string of the molecule is CCC(CN)CC(=O)Cc1ccnc(N)c1. The van der Waals surface area contributed by atoms with Gasteiger partial charge in [0.05, 0.1) is 0 Å². The number of aromatic nitrogens is 1. The number of carbonyl (C=O) groups is 1. The Balaban J connectivity index is 2.51. The quantitative estimate of drug-likeness (QED) is 0.755. The van der Waals surface area contributed by atoms with Gasteiger partial charge in [-0.2, -0.15) is 0 Å². The number of hydrogen-bond acceptors (Lipinski definition) is 4. The van der Waals surface area contributed by atoms with Gasteiger partial charge in [-0.1, -0.05) is 13.3 Å². The highest BCUT2D eigenvalue weighted by molar-refractivity contribution is 5.81. The molecule has 0 spiro atoms. The molecule has 16 heavy (non-hydrogen) atoms. The van der Waals surface area contributed by atoms with Gasteiger partial charge in [-0.25, -0.2) is 4.98 Å². The zero-order valence-corrected chi connectivity index (χ0v) is 9.65. The first-order chi connectivity index (χ1) is 7.65. The van der Waals surface area contributed by atoms with Gasteiger partial charge in [-0.15, -0.1) is 0 Å². The highest BCUT2D eigenvalue weighted by atomic mass is 16.1. The molecule has 1 heterocycles. The highest BCUT2D eigenvalue weighted by Crippen LogP contribution is 2.11. The molecule has 0 fully saturated rings. The van der Waals surface area contributed by atoms with Crippen LogP contribution in [0.5, 0.6) is 0 Å². The van der Waals surface area contributed by atoms with Gasteiger partial charge in [0.2, 0.25) is 0 Å². The predicted molar refractivity (Wildman–Crippen MR) is 64.8 cm³/mol. The van der Waals surface area contributed by atoms with Crippen LogP contribution in [0.4, 0.5) is 5.82 Å². The van der Waals surface area contributed by atoms with Crippen molar-refractivity contribution >= 4 is 11.6 Å². The molecule has 0 saturated carbocycles. The Kier molecular flexibility index (Phi) is 4.92. The summed E-state index contributed by atoms with van der Waals surface area (Å²) in [6.45, 7) is 2.62. The molecule has 0 aliphatic heterocycles. The molecule has 0 saturated heterocycles. The molecule has 1 aromatic rings. The molecule has 1 atom stereocenters. The topological polar surface area (TPSA) is 82.0 Å². The Hall–Kier alpha value is -1.42. The predicted octanol–water partition coefficient (Wildman–Crippen LogP) is 1.15. The first kappa shape index (κ1) is 12.6. The number of pyridine rings is 1. The molecule has 1 aromatic heterocycles. The van der Waals surface area contributed by atoms with Gasteiger partial charge < -0.3 is 11.5 Å². The number of ketones is 1. The van der Waals surface area contributed by atoms with Crippen molar-refractivity contribution in [3.63, 3.8) is 0 Å². The zero-order valence-electron chi connectivity index (χ0n) is 9.65. The average molecular weight is 221 g/mol. The summed E-state index contributed by atoms with van der Waals surface area (Å²) in [5.41, 5.74) is 12.0. The molecular formula is C12H19N3O. The lowest BCUT2D eigenvalue weighted by molar-refractivity contribution is -0.119. The summed E-state index contributed by atoms with van der Waals surface area (Å²) in [6.07, 6.45) is 3.54. The van der Waals surface area contributed by atoms with E-state index in [4.69, 9.17) is 11.5 Å². The number of nitrogens with two attached hydrogens (primary N) is 2. The van der Waals surface area contributed by atoms with Crippen LogP contribution in [-0.2, 0) is 11.2 Å². The van der Waals surface area contributed by atoms with Crippen molar-refractivity contribution in [3.8, 4) is 0 Å². The molecule has 1 unspecified atom stereocenters. The standard InChI is InChI=1S/C12H19N3O/c1-2-9(8-13)5-11(16)6-10-3-4-15-12(14)7-10/h3-4,7,9H,2,5-6,8,13H2,1H3,(H2,14,15). The van der Waals surface area contributed by atoms with Gasteiger partial charge >= 0.3 is 0 Å². The summed E-state index contributed by atoms with van der Waals surface area (Å²) in [5.74, 6) is 0.964. The van der Waals surface area contributed by atoms with Crippen molar-refractivity contribution in [2.24, 2.45) is 11.7 Å². The number of nitrogens with zero attached hydrogens (tertiary/aromatic N) is 1. The second kappa shape index (κ2) is 6.23.